The van der Waals surface area contributed by atoms with Crippen LogP contribution in [0.4, 0.5) is 0 Å². The van der Waals surface area contributed by atoms with Gasteiger partial charge in [0.05, 0.1) is 0 Å². The van der Waals surface area contributed by atoms with Gasteiger partial charge in [0, 0.05) is 19.3 Å². The molecule has 108 valence electrons. The second kappa shape index (κ2) is 5.98. The lowest BCUT2D eigenvalue weighted by atomic mass is 9.81. The molecule has 1 heterocycles. The van der Waals surface area contributed by atoms with Crippen molar-refractivity contribution in [1.82, 2.24) is 9.71 Å². The summed E-state index contributed by atoms with van der Waals surface area (Å²) in [4.78, 5) is 3.94. The standard InChI is InChI=1S/C13H23N3O2S/c1-10(2)13(3,4)9-16-19(17,18)12-6-5-11(7-14)8-15-12/h5-6,8,10,16H,7,9,14H2,1-4H3. The Morgan fingerprint density at radius 2 is 2.00 bits per heavy atom. The van der Waals surface area contributed by atoms with Crippen LogP contribution in [0.25, 0.3) is 0 Å². The molecular formula is C13H23N3O2S. The van der Waals surface area contributed by atoms with Crippen molar-refractivity contribution in [2.75, 3.05) is 6.54 Å². The van der Waals surface area contributed by atoms with Gasteiger partial charge in [-0.1, -0.05) is 33.8 Å². The minimum absolute atomic E-state index is 0.0317. The SMILES string of the molecule is CC(C)C(C)(C)CNS(=O)(=O)c1ccc(CN)cn1. The average molecular weight is 285 g/mol. The first-order valence-electron chi connectivity index (χ1n) is 6.34. The Morgan fingerprint density at radius 1 is 1.37 bits per heavy atom. The molecule has 6 heteroatoms. The van der Waals surface area contributed by atoms with Gasteiger partial charge in [0.1, 0.15) is 0 Å². The molecule has 0 aliphatic rings. The summed E-state index contributed by atoms with van der Waals surface area (Å²) in [6.45, 7) is 8.94. The van der Waals surface area contributed by atoms with Crippen LogP contribution in [0.1, 0.15) is 33.3 Å². The van der Waals surface area contributed by atoms with Crippen molar-refractivity contribution in [1.29, 1.82) is 0 Å². The zero-order valence-electron chi connectivity index (χ0n) is 12.0. The van der Waals surface area contributed by atoms with E-state index in [0.29, 0.717) is 19.0 Å². The van der Waals surface area contributed by atoms with E-state index in [-0.39, 0.29) is 10.4 Å². The molecule has 0 aliphatic heterocycles. The van der Waals surface area contributed by atoms with E-state index in [4.69, 9.17) is 5.73 Å². The summed E-state index contributed by atoms with van der Waals surface area (Å²) in [7, 11) is -3.55. The molecule has 1 rings (SSSR count). The molecule has 1 aromatic heterocycles. The monoisotopic (exact) mass is 285 g/mol. The molecule has 5 nitrogen and oxygen atoms in total. The fourth-order valence-corrected chi connectivity index (χ4v) is 2.40. The zero-order valence-corrected chi connectivity index (χ0v) is 12.8. The Bertz CT molecular complexity index is 507. The van der Waals surface area contributed by atoms with Crippen molar-refractivity contribution >= 4 is 10.0 Å². The third-order valence-corrected chi connectivity index (χ3v) is 4.91. The summed E-state index contributed by atoms with van der Waals surface area (Å²) in [5.41, 5.74) is 6.15. The maximum absolute atomic E-state index is 12.1. The highest BCUT2D eigenvalue weighted by atomic mass is 32.2. The number of nitrogens with two attached hydrogens (primary N) is 1. The number of hydrogen-bond acceptors (Lipinski definition) is 4. The third-order valence-electron chi connectivity index (χ3n) is 3.59. The normalized spacial score (nSPS) is 12.9. The van der Waals surface area contributed by atoms with Crippen LogP contribution in [0.3, 0.4) is 0 Å². The highest BCUT2D eigenvalue weighted by Crippen LogP contribution is 2.25. The second-order valence-corrected chi connectivity index (χ2v) is 7.39. The number of nitrogens with one attached hydrogen (secondary N) is 1. The lowest BCUT2D eigenvalue weighted by Crippen LogP contribution is -2.37. The van der Waals surface area contributed by atoms with Crippen LogP contribution < -0.4 is 10.5 Å². The number of pyridine rings is 1. The molecule has 0 unspecified atom stereocenters. The fraction of sp³-hybridized carbons (Fsp3) is 0.615. The molecule has 0 radical (unpaired) electrons. The summed E-state index contributed by atoms with van der Waals surface area (Å²) in [6, 6.07) is 3.15. The Kier molecular flexibility index (Phi) is 5.06. The van der Waals surface area contributed by atoms with E-state index in [1.807, 2.05) is 13.8 Å². The zero-order chi connectivity index (χ0) is 14.7. The molecule has 3 N–H and O–H groups in total. The molecule has 1 aromatic rings. The van der Waals surface area contributed by atoms with Gasteiger partial charge in [0.25, 0.3) is 10.0 Å². The minimum atomic E-state index is -3.55. The van der Waals surface area contributed by atoms with Crippen LogP contribution in [0.15, 0.2) is 23.4 Å². The number of aromatic nitrogens is 1. The number of nitrogens with zero attached hydrogens (tertiary/aromatic N) is 1. The summed E-state index contributed by atoms with van der Waals surface area (Å²) >= 11 is 0. The van der Waals surface area contributed by atoms with E-state index in [1.54, 1.807) is 6.07 Å². The maximum Gasteiger partial charge on any atom is 0.258 e. The van der Waals surface area contributed by atoms with Gasteiger partial charge >= 0.3 is 0 Å². The molecular weight excluding hydrogens is 262 g/mol. The van der Waals surface area contributed by atoms with E-state index >= 15 is 0 Å². The summed E-state index contributed by atoms with van der Waals surface area (Å²) < 4.78 is 26.8. The van der Waals surface area contributed by atoms with E-state index in [2.05, 4.69) is 23.6 Å². The van der Waals surface area contributed by atoms with E-state index < -0.39 is 10.0 Å². The van der Waals surface area contributed by atoms with Gasteiger partial charge in [-0.2, -0.15) is 0 Å². The summed E-state index contributed by atoms with van der Waals surface area (Å²) in [5, 5.41) is 0.0317. The highest BCUT2D eigenvalue weighted by Gasteiger charge is 2.25. The van der Waals surface area contributed by atoms with E-state index in [9.17, 15) is 8.42 Å². The molecule has 0 fully saturated rings. The Morgan fingerprint density at radius 3 is 2.42 bits per heavy atom. The van der Waals surface area contributed by atoms with Gasteiger partial charge < -0.3 is 5.73 Å². The summed E-state index contributed by atoms with van der Waals surface area (Å²) in [5.74, 6) is 0.378. The lowest BCUT2D eigenvalue weighted by Gasteiger charge is -2.29. The van der Waals surface area contributed by atoms with Gasteiger partial charge in [-0.15, -0.1) is 0 Å². The summed E-state index contributed by atoms with van der Waals surface area (Å²) in [6.07, 6.45) is 1.49. The second-order valence-electron chi connectivity index (χ2n) is 5.68. The van der Waals surface area contributed by atoms with Crippen LogP contribution in [0.2, 0.25) is 0 Å². The quantitative estimate of drug-likeness (QED) is 0.829. The molecule has 19 heavy (non-hydrogen) atoms. The smallest absolute Gasteiger partial charge is 0.258 e. The number of sulfonamides is 1. The van der Waals surface area contributed by atoms with Crippen molar-refractivity contribution in [3.05, 3.63) is 23.9 Å². The van der Waals surface area contributed by atoms with E-state index in [1.165, 1.54) is 12.3 Å². The predicted octanol–water partition coefficient (Wildman–Crippen LogP) is 1.50. The van der Waals surface area contributed by atoms with Gasteiger partial charge in [-0.25, -0.2) is 18.1 Å². The highest BCUT2D eigenvalue weighted by molar-refractivity contribution is 7.89. The fourth-order valence-electron chi connectivity index (χ4n) is 1.25. The van der Waals surface area contributed by atoms with Crippen LogP contribution in [0, 0.1) is 11.3 Å². The largest absolute Gasteiger partial charge is 0.326 e. The van der Waals surface area contributed by atoms with Crippen molar-refractivity contribution in [2.24, 2.45) is 17.1 Å². The van der Waals surface area contributed by atoms with Crippen LogP contribution in [-0.4, -0.2) is 19.9 Å². The van der Waals surface area contributed by atoms with Crippen LogP contribution in [-0.2, 0) is 16.6 Å². The first-order valence-corrected chi connectivity index (χ1v) is 7.82. The van der Waals surface area contributed by atoms with E-state index in [0.717, 1.165) is 5.56 Å². The Balaban J connectivity index is 2.81. The molecule has 0 aromatic carbocycles. The average Bonchev–Trinajstić information content (AvgIpc) is 2.36. The van der Waals surface area contributed by atoms with Gasteiger partial charge in [-0.3, -0.25) is 0 Å². The maximum atomic E-state index is 12.1. The van der Waals surface area contributed by atoms with Crippen molar-refractivity contribution < 1.29 is 8.42 Å². The molecule has 0 saturated carbocycles. The first kappa shape index (κ1) is 16.1. The third kappa shape index (κ3) is 4.26. The van der Waals surface area contributed by atoms with Crippen molar-refractivity contribution in [3.8, 4) is 0 Å². The van der Waals surface area contributed by atoms with Crippen molar-refractivity contribution in [3.63, 3.8) is 0 Å². The molecule has 0 aliphatic carbocycles. The lowest BCUT2D eigenvalue weighted by molar-refractivity contribution is 0.252. The number of hydrogen-bond donors (Lipinski definition) is 2. The van der Waals surface area contributed by atoms with Gasteiger partial charge in [0.2, 0.25) is 0 Å². The first-order chi connectivity index (χ1) is 8.69. The predicted molar refractivity (Wildman–Crippen MR) is 75.9 cm³/mol. The van der Waals surface area contributed by atoms with Gasteiger partial charge in [0.15, 0.2) is 5.03 Å². The molecule has 0 bridgehead atoms. The Labute approximate surface area is 115 Å². The topological polar surface area (TPSA) is 85.1 Å². The van der Waals surface area contributed by atoms with Crippen LogP contribution in [0.5, 0.6) is 0 Å². The minimum Gasteiger partial charge on any atom is -0.326 e. The van der Waals surface area contributed by atoms with Crippen LogP contribution >= 0.6 is 0 Å². The Hall–Kier alpha value is -0.980. The molecule has 0 amide bonds. The molecule has 0 spiro atoms. The molecule has 0 saturated heterocycles. The number of rotatable bonds is 6. The van der Waals surface area contributed by atoms with Gasteiger partial charge in [-0.05, 0) is 23.0 Å². The molecule has 0 atom stereocenters. The van der Waals surface area contributed by atoms with Crippen molar-refractivity contribution in [2.45, 2.75) is 39.3 Å².